The molecular weight excluding hydrogens is 284 g/mol. The zero-order chi connectivity index (χ0) is 15.4. The van der Waals surface area contributed by atoms with Crippen LogP contribution in [-0.2, 0) is 6.54 Å². The Morgan fingerprint density at radius 3 is 2.62 bits per heavy atom. The number of benzene rings is 1. The van der Waals surface area contributed by atoms with E-state index in [1.54, 1.807) is 0 Å². The number of nitrogens with zero attached hydrogens (tertiary/aromatic N) is 1. The Morgan fingerprint density at radius 2 is 1.95 bits per heavy atom. The highest BCUT2D eigenvalue weighted by atomic mass is 35.5. The molecule has 0 saturated heterocycles. The van der Waals surface area contributed by atoms with E-state index >= 15 is 0 Å². The standard InChI is InChI=1S/C17H21ClN2O/c1-11(2)19-9-14-10-20-13(4)8-17(14)21-16-6-5-12(3)7-15(16)18/h5-8,10-11,19H,9H2,1-4H3. The topological polar surface area (TPSA) is 34.1 Å². The predicted octanol–water partition coefficient (Wildman–Crippen LogP) is 4.64. The molecule has 0 unspecified atom stereocenters. The van der Waals surface area contributed by atoms with Gasteiger partial charge in [0.25, 0.3) is 0 Å². The summed E-state index contributed by atoms with van der Waals surface area (Å²) in [6, 6.07) is 8.13. The minimum absolute atomic E-state index is 0.405. The van der Waals surface area contributed by atoms with Crippen molar-refractivity contribution in [2.75, 3.05) is 0 Å². The molecule has 1 aromatic carbocycles. The molecule has 0 spiro atoms. The maximum absolute atomic E-state index is 6.24. The van der Waals surface area contributed by atoms with Crippen molar-refractivity contribution in [3.63, 3.8) is 0 Å². The number of nitrogens with one attached hydrogen (secondary N) is 1. The summed E-state index contributed by atoms with van der Waals surface area (Å²) >= 11 is 6.24. The van der Waals surface area contributed by atoms with Crippen LogP contribution in [0.2, 0.25) is 5.02 Å². The summed E-state index contributed by atoms with van der Waals surface area (Å²) in [7, 11) is 0. The zero-order valence-electron chi connectivity index (χ0n) is 12.9. The fraction of sp³-hybridized carbons (Fsp3) is 0.353. The smallest absolute Gasteiger partial charge is 0.146 e. The van der Waals surface area contributed by atoms with Crippen LogP contribution in [-0.4, -0.2) is 11.0 Å². The summed E-state index contributed by atoms with van der Waals surface area (Å²) in [6.07, 6.45) is 1.85. The Hall–Kier alpha value is -1.58. The van der Waals surface area contributed by atoms with E-state index in [1.807, 2.05) is 44.3 Å². The van der Waals surface area contributed by atoms with E-state index < -0.39 is 0 Å². The van der Waals surface area contributed by atoms with Crippen LogP contribution in [0, 0.1) is 13.8 Å². The lowest BCUT2D eigenvalue weighted by molar-refractivity contribution is 0.468. The summed E-state index contributed by atoms with van der Waals surface area (Å²) in [4.78, 5) is 4.34. The highest BCUT2D eigenvalue weighted by Gasteiger charge is 2.09. The third kappa shape index (κ3) is 4.45. The molecule has 0 aliphatic carbocycles. The first-order valence-electron chi connectivity index (χ1n) is 7.08. The van der Waals surface area contributed by atoms with Gasteiger partial charge < -0.3 is 10.1 Å². The number of hydrogen-bond donors (Lipinski definition) is 1. The van der Waals surface area contributed by atoms with Crippen LogP contribution in [0.1, 0.15) is 30.7 Å². The van der Waals surface area contributed by atoms with Gasteiger partial charge in [-0.25, -0.2) is 0 Å². The number of rotatable bonds is 5. The molecule has 1 aromatic heterocycles. The molecule has 0 amide bonds. The SMILES string of the molecule is Cc1ccc(Oc2cc(C)ncc2CNC(C)C)c(Cl)c1. The number of aryl methyl sites for hydroxylation is 2. The van der Waals surface area contributed by atoms with Crippen LogP contribution in [0.5, 0.6) is 11.5 Å². The number of ether oxygens (including phenoxy) is 1. The second kappa shape index (κ2) is 6.92. The molecule has 0 atom stereocenters. The van der Waals surface area contributed by atoms with Gasteiger partial charge in [-0.3, -0.25) is 4.98 Å². The van der Waals surface area contributed by atoms with Gasteiger partial charge in [-0.2, -0.15) is 0 Å². The van der Waals surface area contributed by atoms with E-state index in [4.69, 9.17) is 16.3 Å². The normalized spacial score (nSPS) is 11.0. The molecule has 4 heteroatoms. The van der Waals surface area contributed by atoms with E-state index in [-0.39, 0.29) is 0 Å². The van der Waals surface area contributed by atoms with Crippen molar-refractivity contribution in [3.8, 4) is 11.5 Å². The van der Waals surface area contributed by atoms with Gasteiger partial charge in [0.05, 0.1) is 5.02 Å². The minimum atomic E-state index is 0.405. The highest BCUT2D eigenvalue weighted by molar-refractivity contribution is 6.32. The predicted molar refractivity (Wildman–Crippen MR) is 87.2 cm³/mol. The number of halogens is 1. The lowest BCUT2D eigenvalue weighted by atomic mass is 10.2. The Balaban J connectivity index is 2.27. The first kappa shape index (κ1) is 15.8. The summed E-state index contributed by atoms with van der Waals surface area (Å²) in [5.74, 6) is 1.46. The van der Waals surface area contributed by atoms with Crippen LogP contribution >= 0.6 is 11.6 Å². The van der Waals surface area contributed by atoms with Crippen molar-refractivity contribution in [1.29, 1.82) is 0 Å². The van der Waals surface area contributed by atoms with Gasteiger partial charge in [-0.05, 0) is 31.5 Å². The molecule has 3 nitrogen and oxygen atoms in total. The third-order valence-electron chi connectivity index (χ3n) is 3.09. The maximum atomic E-state index is 6.24. The second-order valence-corrected chi connectivity index (χ2v) is 5.91. The van der Waals surface area contributed by atoms with Crippen molar-refractivity contribution in [2.45, 2.75) is 40.3 Å². The highest BCUT2D eigenvalue weighted by Crippen LogP contribution is 2.32. The van der Waals surface area contributed by atoms with Gasteiger partial charge in [-0.1, -0.05) is 31.5 Å². The van der Waals surface area contributed by atoms with Gasteiger partial charge in [0, 0.05) is 36.1 Å². The van der Waals surface area contributed by atoms with E-state index in [9.17, 15) is 0 Å². The summed E-state index contributed by atoms with van der Waals surface area (Å²) in [5.41, 5.74) is 3.05. The largest absolute Gasteiger partial charge is 0.455 e. The molecule has 0 radical (unpaired) electrons. The fourth-order valence-corrected chi connectivity index (χ4v) is 2.19. The Labute approximate surface area is 131 Å². The van der Waals surface area contributed by atoms with Crippen molar-refractivity contribution in [3.05, 3.63) is 52.3 Å². The van der Waals surface area contributed by atoms with E-state index in [0.717, 1.165) is 22.6 Å². The minimum Gasteiger partial charge on any atom is -0.455 e. The average Bonchev–Trinajstić information content (AvgIpc) is 2.41. The van der Waals surface area contributed by atoms with Crippen LogP contribution in [0.3, 0.4) is 0 Å². The van der Waals surface area contributed by atoms with Crippen molar-refractivity contribution in [2.24, 2.45) is 0 Å². The first-order valence-corrected chi connectivity index (χ1v) is 7.46. The van der Waals surface area contributed by atoms with Gasteiger partial charge in [0.2, 0.25) is 0 Å². The van der Waals surface area contributed by atoms with Gasteiger partial charge in [0.15, 0.2) is 0 Å². The zero-order valence-corrected chi connectivity index (χ0v) is 13.7. The van der Waals surface area contributed by atoms with Crippen LogP contribution in [0.25, 0.3) is 0 Å². The molecule has 0 aliphatic heterocycles. The Morgan fingerprint density at radius 1 is 1.19 bits per heavy atom. The van der Waals surface area contributed by atoms with Gasteiger partial charge in [-0.15, -0.1) is 0 Å². The average molecular weight is 305 g/mol. The Kier molecular flexibility index (Phi) is 5.21. The summed E-state index contributed by atoms with van der Waals surface area (Å²) in [6.45, 7) is 8.88. The molecule has 21 heavy (non-hydrogen) atoms. The van der Waals surface area contributed by atoms with Crippen molar-refractivity contribution < 1.29 is 4.74 Å². The second-order valence-electron chi connectivity index (χ2n) is 5.50. The lowest BCUT2D eigenvalue weighted by Crippen LogP contribution is -2.22. The van der Waals surface area contributed by atoms with Crippen LogP contribution < -0.4 is 10.1 Å². The Bertz CT molecular complexity index is 626. The van der Waals surface area contributed by atoms with E-state index in [1.165, 1.54) is 0 Å². The third-order valence-corrected chi connectivity index (χ3v) is 3.38. The molecule has 0 aliphatic rings. The monoisotopic (exact) mass is 304 g/mol. The number of hydrogen-bond acceptors (Lipinski definition) is 3. The quantitative estimate of drug-likeness (QED) is 0.873. The molecule has 0 fully saturated rings. The summed E-state index contributed by atoms with van der Waals surface area (Å²) in [5, 5.41) is 4.00. The molecule has 112 valence electrons. The molecule has 2 aromatic rings. The summed E-state index contributed by atoms with van der Waals surface area (Å²) < 4.78 is 6.00. The molecule has 2 rings (SSSR count). The first-order chi connectivity index (χ1) is 9.95. The molecular formula is C17H21ClN2O. The van der Waals surface area contributed by atoms with Crippen LogP contribution in [0.4, 0.5) is 0 Å². The lowest BCUT2D eigenvalue weighted by Gasteiger charge is -2.14. The molecule has 0 bridgehead atoms. The van der Waals surface area contributed by atoms with Gasteiger partial charge in [0.1, 0.15) is 11.5 Å². The van der Waals surface area contributed by atoms with Crippen molar-refractivity contribution in [1.82, 2.24) is 10.3 Å². The number of pyridine rings is 1. The van der Waals surface area contributed by atoms with E-state index in [0.29, 0.717) is 23.4 Å². The van der Waals surface area contributed by atoms with E-state index in [2.05, 4.69) is 24.1 Å². The fourth-order valence-electron chi connectivity index (χ4n) is 1.91. The van der Waals surface area contributed by atoms with Crippen LogP contribution in [0.15, 0.2) is 30.5 Å². The molecule has 1 heterocycles. The molecule has 0 saturated carbocycles. The molecule has 1 N–H and O–H groups in total. The number of aromatic nitrogens is 1. The van der Waals surface area contributed by atoms with Gasteiger partial charge >= 0.3 is 0 Å². The van der Waals surface area contributed by atoms with Crippen molar-refractivity contribution >= 4 is 11.6 Å². The maximum Gasteiger partial charge on any atom is 0.146 e.